The maximum absolute atomic E-state index is 11.7. The van der Waals surface area contributed by atoms with E-state index in [4.69, 9.17) is 9.47 Å². The third-order valence-corrected chi connectivity index (χ3v) is 3.81. The lowest BCUT2D eigenvalue weighted by atomic mass is 10.3. The smallest absolute Gasteiger partial charge is 0.358 e. The SMILES string of the molecule is C=N/C(=C\N1CSc2cc(OC)ccc21)C(=O)OCC. The molecule has 0 N–H and O–H groups in total. The molecular formula is C14H16N2O3S. The number of fused-ring (bicyclic) bond motifs is 1. The lowest BCUT2D eigenvalue weighted by molar-refractivity contribution is -0.138. The van der Waals surface area contributed by atoms with E-state index in [9.17, 15) is 4.79 Å². The van der Waals surface area contributed by atoms with Gasteiger partial charge in [0.15, 0.2) is 5.70 Å². The standard InChI is InChI=1S/C14H16N2O3S/c1-4-19-14(17)11(15-2)8-16-9-20-13-7-10(18-3)5-6-12(13)16/h5-8H,2,4,9H2,1,3H3/b11-8-. The maximum atomic E-state index is 11.7. The van der Waals surface area contributed by atoms with Crippen molar-refractivity contribution in [1.82, 2.24) is 0 Å². The Morgan fingerprint density at radius 2 is 2.40 bits per heavy atom. The topological polar surface area (TPSA) is 51.1 Å². The molecule has 1 aromatic rings. The molecule has 0 saturated heterocycles. The van der Waals surface area contributed by atoms with Gasteiger partial charge in [0.25, 0.3) is 0 Å². The zero-order chi connectivity index (χ0) is 14.5. The molecule has 0 atom stereocenters. The fraction of sp³-hybridized carbons (Fsp3) is 0.286. The van der Waals surface area contributed by atoms with Crippen LogP contribution in [0, 0.1) is 0 Å². The first kappa shape index (κ1) is 14.5. The van der Waals surface area contributed by atoms with Crippen LogP contribution in [0.25, 0.3) is 0 Å². The second-order valence-corrected chi connectivity index (χ2v) is 4.96. The highest BCUT2D eigenvalue weighted by Gasteiger charge is 2.21. The van der Waals surface area contributed by atoms with E-state index in [0.29, 0.717) is 12.5 Å². The first-order valence-corrected chi connectivity index (χ1v) is 7.11. The average Bonchev–Trinajstić information content (AvgIpc) is 2.86. The molecule has 1 aromatic carbocycles. The highest BCUT2D eigenvalue weighted by Crippen LogP contribution is 2.40. The first-order chi connectivity index (χ1) is 9.69. The predicted molar refractivity (Wildman–Crippen MR) is 80.5 cm³/mol. The number of hydrogen-bond acceptors (Lipinski definition) is 6. The molecule has 0 saturated carbocycles. The van der Waals surface area contributed by atoms with Gasteiger partial charge in [-0.3, -0.25) is 4.99 Å². The zero-order valence-corrected chi connectivity index (χ0v) is 12.3. The second-order valence-electron chi connectivity index (χ2n) is 3.97. The Balaban J connectivity index is 2.24. The summed E-state index contributed by atoms with van der Waals surface area (Å²) < 4.78 is 10.1. The molecule has 6 heteroatoms. The van der Waals surface area contributed by atoms with Crippen molar-refractivity contribution in [2.75, 3.05) is 24.5 Å². The van der Waals surface area contributed by atoms with E-state index in [-0.39, 0.29) is 5.70 Å². The number of thioether (sulfide) groups is 1. The summed E-state index contributed by atoms with van der Waals surface area (Å²) in [5, 5.41) is 0. The lowest BCUT2D eigenvalue weighted by Gasteiger charge is -2.14. The molecule has 1 aliphatic heterocycles. The van der Waals surface area contributed by atoms with Gasteiger partial charge >= 0.3 is 5.97 Å². The van der Waals surface area contributed by atoms with Gasteiger partial charge in [0, 0.05) is 11.1 Å². The first-order valence-electron chi connectivity index (χ1n) is 6.12. The minimum Gasteiger partial charge on any atom is -0.497 e. The Labute approximate surface area is 122 Å². The molecule has 0 amide bonds. The summed E-state index contributed by atoms with van der Waals surface area (Å²) >= 11 is 1.67. The molecule has 0 bridgehead atoms. The van der Waals surface area contributed by atoms with Gasteiger partial charge < -0.3 is 14.4 Å². The van der Waals surface area contributed by atoms with Crippen molar-refractivity contribution >= 4 is 30.1 Å². The second kappa shape index (κ2) is 6.47. The highest BCUT2D eigenvalue weighted by atomic mass is 32.2. The zero-order valence-electron chi connectivity index (χ0n) is 11.5. The van der Waals surface area contributed by atoms with Gasteiger partial charge in [-0.1, -0.05) is 0 Å². The van der Waals surface area contributed by atoms with Crippen LogP contribution in [0.4, 0.5) is 5.69 Å². The van der Waals surface area contributed by atoms with Crippen LogP contribution in [0.3, 0.4) is 0 Å². The Hall–Kier alpha value is -1.95. The summed E-state index contributed by atoms with van der Waals surface area (Å²) in [5.74, 6) is 1.06. The number of ether oxygens (including phenoxy) is 2. The van der Waals surface area contributed by atoms with Crippen molar-refractivity contribution in [3.05, 3.63) is 30.1 Å². The molecule has 0 unspecified atom stereocenters. The van der Waals surface area contributed by atoms with Gasteiger partial charge in [0.2, 0.25) is 0 Å². The predicted octanol–water partition coefficient (Wildman–Crippen LogP) is 2.67. The number of benzene rings is 1. The molecule has 0 spiro atoms. The fourth-order valence-electron chi connectivity index (χ4n) is 1.80. The number of methoxy groups -OCH3 is 1. The number of anilines is 1. The molecule has 0 fully saturated rings. The van der Waals surface area contributed by atoms with E-state index in [2.05, 4.69) is 11.7 Å². The Bertz CT molecular complexity index is 557. The Kier molecular flexibility index (Phi) is 4.68. The van der Waals surface area contributed by atoms with Crippen molar-refractivity contribution in [3.63, 3.8) is 0 Å². The van der Waals surface area contributed by atoms with Crippen molar-refractivity contribution in [2.24, 2.45) is 4.99 Å². The summed E-state index contributed by atoms with van der Waals surface area (Å²) in [6.45, 7) is 5.49. The quantitative estimate of drug-likeness (QED) is 0.474. The van der Waals surface area contributed by atoms with E-state index in [1.807, 2.05) is 23.1 Å². The minimum absolute atomic E-state index is 0.205. The third kappa shape index (κ3) is 2.96. The molecule has 1 aliphatic rings. The molecule has 5 nitrogen and oxygen atoms in total. The van der Waals surface area contributed by atoms with Gasteiger partial charge in [0.05, 0.1) is 25.3 Å². The summed E-state index contributed by atoms with van der Waals surface area (Å²) in [4.78, 5) is 18.5. The van der Waals surface area contributed by atoms with Crippen LogP contribution in [0.5, 0.6) is 5.75 Å². The number of carbonyl (C=O) groups is 1. The number of esters is 1. The Morgan fingerprint density at radius 1 is 1.60 bits per heavy atom. The summed E-state index contributed by atoms with van der Waals surface area (Å²) in [6, 6.07) is 5.81. The molecular weight excluding hydrogens is 276 g/mol. The van der Waals surface area contributed by atoms with Gasteiger partial charge in [0.1, 0.15) is 5.75 Å². The van der Waals surface area contributed by atoms with Crippen molar-refractivity contribution < 1.29 is 14.3 Å². The number of nitrogens with zero attached hydrogens (tertiary/aromatic N) is 2. The molecule has 1 heterocycles. The molecule has 2 rings (SSSR count). The summed E-state index contributed by atoms with van der Waals surface area (Å²) in [6.07, 6.45) is 1.66. The highest BCUT2D eigenvalue weighted by molar-refractivity contribution is 7.99. The van der Waals surface area contributed by atoms with Gasteiger partial charge in [-0.25, -0.2) is 4.79 Å². The van der Waals surface area contributed by atoms with E-state index >= 15 is 0 Å². The van der Waals surface area contributed by atoms with Crippen molar-refractivity contribution in [1.29, 1.82) is 0 Å². The molecule has 0 aromatic heterocycles. The molecule has 0 radical (unpaired) electrons. The van der Waals surface area contributed by atoms with Crippen molar-refractivity contribution in [2.45, 2.75) is 11.8 Å². The molecule has 0 aliphatic carbocycles. The lowest BCUT2D eigenvalue weighted by Crippen LogP contribution is -2.15. The van der Waals surface area contributed by atoms with Crippen LogP contribution in [0.15, 0.2) is 40.0 Å². The number of carbonyl (C=O) groups excluding carboxylic acids is 1. The van der Waals surface area contributed by atoms with Crippen LogP contribution in [0.1, 0.15) is 6.92 Å². The van der Waals surface area contributed by atoms with Crippen LogP contribution in [-0.4, -0.2) is 32.3 Å². The number of hydrogen-bond donors (Lipinski definition) is 0. The normalized spacial score (nSPS) is 13.9. The third-order valence-electron chi connectivity index (χ3n) is 2.77. The Morgan fingerprint density at radius 3 is 3.05 bits per heavy atom. The number of rotatable bonds is 5. The molecule has 20 heavy (non-hydrogen) atoms. The van der Waals surface area contributed by atoms with E-state index in [1.54, 1.807) is 32.0 Å². The minimum atomic E-state index is -0.463. The van der Waals surface area contributed by atoms with Crippen LogP contribution in [-0.2, 0) is 9.53 Å². The summed E-state index contributed by atoms with van der Waals surface area (Å²) in [7, 11) is 1.64. The maximum Gasteiger partial charge on any atom is 0.358 e. The largest absolute Gasteiger partial charge is 0.497 e. The van der Waals surface area contributed by atoms with Gasteiger partial charge in [-0.2, -0.15) is 0 Å². The molecule has 106 valence electrons. The average molecular weight is 292 g/mol. The summed E-state index contributed by atoms with van der Waals surface area (Å²) in [5.41, 5.74) is 1.22. The van der Waals surface area contributed by atoms with E-state index in [1.165, 1.54) is 0 Å². The van der Waals surface area contributed by atoms with Crippen LogP contribution >= 0.6 is 11.8 Å². The fourth-order valence-corrected chi connectivity index (χ4v) is 2.82. The van der Waals surface area contributed by atoms with E-state index < -0.39 is 5.97 Å². The monoisotopic (exact) mass is 292 g/mol. The van der Waals surface area contributed by atoms with E-state index in [0.717, 1.165) is 16.3 Å². The number of aliphatic imine (C=N–C) groups is 1. The van der Waals surface area contributed by atoms with Crippen LogP contribution < -0.4 is 9.64 Å². The van der Waals surface area contributed by atoms with Gasteiger partial charge in [-0.05, 0) is 31.8 Å². The van der Waals surface area contributed by atoms with Gasteiger partial charge in [-0.15, -0.1) is 11.8 Å². The van der Waals surface area contributed by atoms with Crippen LogP contribution in [0.2, 0.25) is 0 Å². The van der Waals surface area contributed by atoms with Crippen molar-refractivity contribution in [3.8, 4) is 5.75 Å².